The zero-order valence-corrected chi connectivity index (χ0v) is 38.5. The molecule has 1 aliphatic heterocycles. The molecular weight excluding hydrogens is 757 g/mol. The SMILES string of the molecule is C#CC.CC.CC.CC.CC/C=C(F)\C=C/C/C=N/Nc1ccc(NC(=O)C2(C)CCCN(CC(O)NC/C=C(\CCC)c3ccc(CN=C/C=C\N)cc3F)C2)cc1C. The van der Waals surface area contributed by atoms with E-state index in [0.717, 1.165) is 48.2 Å². The molecule has 0 aliphatic carbocycles. The van der Waals surface area contributed by atoms with Gasteiger partial charge in [-0.1, -0.05) is 86.1 Å². The molecule has 0 saturated carbocycles. The number of allylic oxidation sites excluding steroid dienone is 6. The number of halogens is 2. The molecule has 1 aliphatic rings. The molecule has 0 radical (unpaired) electrons. The van der Waals surface area contributed by atoms with Crippen molar-refractivity contribution in [3.8, 4) is 12.3 Å². The summed E-state index contributed by atoms with van der Waals surface area (Å²) in [6.45, 7) is 23.9. The molecule has 0 bridgehead atoms. The Kier molecular flexibility index (Phi) is 34.3. The predicted octanol–water partition coefficient (Wildman–Crippen LogP) is 11.3. The summed E-state index contributed by atoms with van der Waals surface area (Å²) in [5, 5.41) is 21.3. The maximum atomic E-state index is 15.1. The summed E-state index contributed by atoms with van der Waals surface area (Å²) in [4.78, 5) is 19.8. The number of nitrogens with one attached hydrogen (secondary N) is 3. The highest BCUT2D eigenvalue weighted by atomic mass is 19.1. The lowest BCUT2D eigenvalue weighted by molar-refractivity contribution is -0.128. The quantitative estimate of drug-likeness (QED) is 0.0315. The smallest absolute Gasteiger partial charge is 0.231 e. The van der Waals surface area contributed by atoms with E-state index in [0.29, 0.717) is 56.7 Å². The lowest BCUT2D eigenvalue weighted by Gasteiger charge is -2.40. The maximum absolute atomic E-state index is 15.1. The van der Waals surface area contributed by atoms with Crippen LogP contribution in [0.25, 0.3) is 5.57 Å². The molecule has 11 heteroatoms. The number of nitrogens with two attached hydrogens (primary N) is 1. The summed E-state index contributed by atoms with van der Waals surface area (Å²) in [5.41, 5.74) is 12.3. The molecule has 2 aromatic rings. The van der Waals surface area contributed by atoms with Crippen molar-refractivity contribution in [3.63, 3.8) is 0 Å². The highest BCUT2D eigenvalue weighted by Crippen LogP contribution is 2.32. The number of aliphatic hydroxyl groups excluding tert-OH is 1. The number of amides is 1. The molecule has 1 fully saturated rings. The van der Waals surface area contributed by atoms with Gasteiger partial charge in [0.2, 0.25) is 5.91 Å². The zero-order chi connectivity index (χ0) is 45.8. The number of hydrogen-bond acceptors (Lipinski definition) is 8. The van der Waals surface area contributed by atoms with E-state index in [1.54, 1.807) is 37.6 Å². The van der Waals surface area contributed by atoms with Crippen molar-refractivity contribution < 1.29 is 18.7 Å². The molecule has 3 rings (SSSR count). The second kappa shape index (κ2) is 36.0. The van der Waals surface area contributed by atoms with Crippen molar-refractivity contribution in [1.82, 2.24) is 10.2 Å². The van der Waals surface area contributed by atoms with Gasteiger partial charge in [-0.25, -0.2) is 8.78 Å². The highest BCUT2D eigenvalue weighted by Gasteiger charge is 2.38. The number of piperidine rings is 1. The van der Waals surface area contributed by atoms with Gasteiger partial charge < -0.3 is 16.2 Å². The van der Waals surface area contributed by atoms with Crippen LogP contribution >= 0.6 is 0 Å². The molecular formula is C49H77F2N7O2. The number of carbonyl (C=O) groups excluding carboxylic acids is 1. The molecule has 334 valence electrons. The molecule has 1 heterocycles. The first-order valence-electron chi connectivity index (χ1n) is 21.6. The fraction of sp³-hybridized carbons (Fsp3) is 0.490. The average Bonchev–Trinajstić information content (AvgIpc) is 3.24. The van der Waals surface area contributed by atoms with Crippen LogP contribution in [0.3, 0.4) is 0 Å². The van der Waals surface area contributed by atoms with Gasteiger partial charge in [-0.2, -0.15) is 5.10 Å². The minimum absolute atomic E-state index is 0.0664. The van der Waals surface area contributed by atoms with E-state index in [-0.39, 0.29) is 17.6 Å². The van der Waals surface area contributed by atoms with Gasteiger partial charge in [-0.05, 0) is 118 Å². The first-order valence-corrected chi connectivity index (χ1v) is 21.6. The molecule has 0 spiro atoms. The maximum Gasteiger partial charge on any atom is 0.231 e. The van der Waals surface area contributed by atoms with Crippen LogP contribution in [0.15, 0.2) is 88.9 Å². The van der Waals surface area contributed by atoms with Crippen LogP contribution in [0.2, 0.25) is 0 Å². The number of nitrogens with zero attached hydrogens (tertiary/aromatic N) is 3. The predicted molar refractivity (Wildman–Crippen MR) is 256 cm³/mol. The Labute approximate surface area is 362 Å². The van der Waals surface area contributed by atoms with E-state index < -0.39 is 11.6 Å². The third kappa shape index (κ3) is 23.6. The van der Waals surface area contributed by atoms with Crippen LogP contribution in [0.1, 0.15) is 124 Å². The first kappa shape index (κ1) is 57.2. The number of hydrazone groups is 1. The van der Waals surface area contributed by atoms with E-state index in [9.17, 15) is 14.3 Å². The number of anilines is 2. The summed E-state index contributed by atoms with van der Waals surface area (Å²) < 4.78 is 28.5. The topological polar surface area (TPSA) is 127 Å². The average molecular weight is 834 g/mol. The van der Waals surface area contributed by atoms with Crippen molar-refractivity contribution in [3.05, 3.63) is 101 Å². The lowest BCUT2D eigenvalue weighted by Crippen LogP contribution is -2.51. The molecule has 1 saturated heterocycles. The van der Waals surface area contributed by atoms with Crippen molar-refractivity contribution in [2.24, 2.45) is 21.2 Å². The van der Waals surface area contributed by atoms with Gasteiger partial charge in [-0.3, -0.25) is 25.4 Å². The zero-order valence-electron chi connectivity index (χ0n) is 38.5. The van der Waals surface area contributed by atoms with Crippen LogP contribution in [0.5, 0.6) is 0 Å². The molecule has 0 aromatic heterocycles. The van der Waals surface area contributed by atoms with Gasteiger partial charge in [0.1, 0.15) is 17.9 Å². The minimum atomic E-state index is -0.817. The standard InChI is InChI=1S/C40H55F2N7O2.C3H4.3C2H6/c1-5-11-32(35-16-14-31(26-36(35)42)27-44-21-10-20-43)18-23-45-38(50)28-49-24-9-19-40(4,29-49)39(51)47-34-15-17-37(30(3)25-34)48-46-22-8-7-13-33(41)12-6-2;1-3-2;3*1-2/h7,10,12-18,20-22,25-26,38,45,48,50H,5-6,8-9,11,19,23-24,27-29,43H2,1-4H3,(H,47,51);1H,2H3;3*1-2H3/b13-7-,20-10-,32-18+,33-12+,44-21?,46-22+;;;;. The van der Waals surface area contributed by atoms with Gasteiger partial charge in [0.05, 0.1) is 17.6 Å². The number of aryl methyl sites for hydroxylation is 1. The summed E-state index contributed by atoms with van der Waals surface area (Å²) in [6, 6.07) is 10.8. The Hall–Kier alpha value is -4.89. The molecule has 60 heavy (non-hydrogen) atoms. The summed E-state index contributed by atoms with van der Waals surface area (Å²) >= 11 is 0. The Morgan fingerprint density at radius 2 is 1.82 bits per heavy atom. The van der Waals surface area contributed by atoms with E-state index in [2.05, 4.69) is 50.3 Å². The Morgan fingerprint density at radius 3 is 2.43 bits per heavy atom. The second-order valence-corrected chi connectivity index (χ2v) is 13.3. The van der Waals surface area contributed by atoms with E-state index >= 15 is 4.39 Å². The van der Waals surface area contributed by atoms with Crippen molar-refractivity contribution >= 4 is 35.3 Å². The normalized spacial score (nSPS) is 16.1. The number of aliphatic hydroxyl groups is 1. The van der Waals surface area contributed by atoms with Crippen LogP contribution in [-0.4, -0.2) is 60.7 Å². The number of likely N-dealkylation sites (tertiary alicyclic amines) is 1. The molecule has 2 unspecified atom stereocenters. The van der Waals surface area contributed by atoms with E-state index in [1.807, 2.05) is 92.7 Å². The fourth-order valence-corrected chi connectivity index (χ4v) is 5.94. The lowest BCUT2D eigenvalue weighted by atomic mass is 9.81. The third-order valence-corrected chi connectivity index (χ3v) is 8.61. The highest BCUT2D eigenvalue weighted by molar-refractivity contribution is 5.95. The van der Waals surface area contributed by atoms with Gasteiger partial charge in [-0.15, -0.1) is 12.3 Å². The Balaban J connectivity index is 0. The van der Waals surface area contributed by atoms with Crippen LogP contribution in [-0.2, 0) is 11.3 Å². The molecule has 6 N–H and O–H groups in total. The van der Waals surface area contributed by atoms with Gasteiger partial charge in [0.15, 0.2) is 0 Å². The first-order chi connectivity index (χ1) is 29.0. The van der Waals surface area contributed by atoms with Gasteiger partial charge in [0.25, 0.3) is 0 Å². The van der Waals surface area contributed by atoms with Gasteiger partial charge >= 0.3 is 0 Å². The summed E-state index contributed by atoms with van der Waals surface area (Å²) in [7, 11) is 0. The number of benzene rings is 2. The molecule has 9 nitrogen and oxygen atoms in total. The minimum Gasteiger partial charge on any atom is -0.405 e. The second-order valence-electron chi connectivity index (χ2n) is 13.3. The number of terminal acetylenes is 1. The van der Waals surface area contributed by atoms with Crippen molar-refractivity contribution in [2.75, 3.05) is 36.9 Å². The number of β-amino-alcohol motifs (C(OH)–C–C–N with tert-alkyl or cyclic N) is 1. The largest absolute Gasteiger partial charge is 0.405 e. The van der Waals surface area contributed by atoms with Crippen LogP contribution < -0.4 is 21.8 Å². The third-order valence-electron chi connectivity index (χ3n) is 8.61. The van der Waals surface area contributed by atoms with Crippen molar-refractivity contribution in [1.29, 1.82) is 0 Å². The monoisotopic (exact) mass is 834 g/mol. The Morgan fingerprint density at radius 1 is 1.12 bits per heavy atom. The Bertz CT molecular complexity index is 1690. The summed E-state index contributed by atoms with van der Waals surface area (Å²) in [5.74, 6) is 1.63. The number of carbonyl (C=O) groups is 1. The molecule has 2 atom stereocenters. The molecule has 1 amide bonds. The number of hydrogen-bond donors (Lipinski definition) is 5. The van der Waals surface area contributed by atoms with Gasteiger partial charge in [0, 0.05) is 49.7 Å². The van der Waals surface area contributed by atoms with Crippen LogP contribution in [0.4, 0.5) is 20.2 Å². The van der Waals surface area contributed by atoms with Crippen molar-refractivity contribution in [2.45, 2.75) is 127 Å². The van der Waals surface area contributed by atoms with E-state index in [1.165, 1.54) is 24.4 Å². The molecule has 2 aromatic carbocycles. The van der Waals surface area contributed by atoms with Crippen LogP contribution in [0, 0.1) is 30.5 Å². The fourth-order valence-electron chi connectivity index (χ4n) is 5.94. The summed E-state index contributed by atoms with van der Waals surface area (Å²) in [6.07, 6.45) is 20.9. The van der Waals surface area contributed by atoms with E-state index in [4.69, 9.17) is 5.73 Å². The number of rotatable bonds is 19. The number of aliphatic imine (C=N–C) groups is 1.